The molecule has 0 aliphatic carbocycles. The SMILES string of the molecule is Cc1cc(C)n(CCNc2nccc(N3CC[C@@H](O)C3)n2)c(=O)n1. The predicted molar refractivity (Wildman–Crippen MR) is 91.3 cm³/mol. The summed E-state index contributed by atoms with van der Waals surface area (Å²) in [6, 6.07) is 3.72. The van der Waals surface area contributed by atoms with E-state index in [0.717, 1.165) is 30.2 Å². The summed E-state index contributed by atoms with van der Waals surface area (Å²) in [6.45, 7) is 6.12. The molecule has 0 amide bonds. The second kappa shape index (κ2) is 6.96. The number of aryl methyl sites for hydroxylation is 2. The molecule has 1 aliphatic rings. The molecule has 2 N–H and O–H groups in total. The van der Waals surface area contributed by atoms with Crippen LogP contribution in [0, 0.1) is 13.8 Å². The molecule has 24 heavy (non-hydrogen) atoms. The molecular formula is C16H22N6O2. The highest BCUT2D eigenvalue weighted by atomic mass is 16.3. The summed E-state index contributed by atoms with van der Waals surface area (Å²) in [5.74, 6) is 1.31. The van der Waals surface area contributed by atoms with Crippen LogP contribution < -0.4 is 15.9 Å². The van der Waals surface area contributed by atoms with Crippen molar-refractivity contribution in [2.45, 2.75) is 32.9 Å². The van der Waals surface area contributed by atoms with Gasteiger partial charge >= 0.3 is 5.69 Å². The van der Waals surface area contributed by atoms with Crippen molar-refractivity contribution in [3.05, 3.63) is 40.2 Å². The molecule has 3 rings (SSSR count). The summed E-state index contributed by atoms with van der Waals surface area (Å²) in [6.07, 6.45) is 2.16. The lowest BCUT2D eigenvalue weighted by Crippen LogP contribution is -2.28. The standard InChI is InChI=1S/C16H22N6O2/c1-11-9-12(2)22(16(24)19-11)8-6-18-15-17-5-3-14(20-15)21-7-4-13(23)10-21/h3,5,9,13,23H,4,6-8,10H2,1-2H3,(H,17,18,20)/t13-/m1/s1. The Morgan fingerprint density at radius 2 is 2.21 bits per heavy atom. The molecule has 0 radical (unpaired) electrons. The molecule has 1 fully saturated rings. The second-order valence-electron chi connectivity index (χ2n) is 6.03. The van der Waals surface area contributed by atoms with Gasteiger partial charge in [-0.1, -0.05) is 0 Å². The third kappa shape index (κ3) is 3.70. The van der Waals surface area contributed by atoms with Gasteiger partial charge in [-0.3, -0.25) is 4.57 Å². The van der Waals surface area contributed by atoms with Crippen LogP contribution in [-0.2, 0) is 6.54 Å². The van der Waals surface area contributed by atoms with Gasteiger partial charge in [-0.05, 0) is 32.4 Å². The van der Waals surface area contributed by atoms with Crippen molar-refractivity contribution in [2.24, 2.45) is 0 Å². The van der Waals surface area contributed by atoms with Gasteiger partial charge in [0, 0.05) is 43.8 Å². The minimum atomic E-state index is -0.291. The second-order valence-corrected chi connectivity index (χ2v) is 6.03. The van der Waals surface area contributed by atoms with Crippen molar-refractivity contribution in [2.75, 3.05) is 29.9 Å². The normalized spacial score (nSPS) is 17.3. The Bertz CT molecular complexity index is 775. The summed E-state index contributed by atoms with van der Waals surface area (Å²) in [4.78, 5) is 26.6. The van der Waals surface area contributed by atoms with Crippen LogP contribution in [0.5, 0.6) is 0 Å². The van der Waals surface area contributed by atoms with Gasteiger partial charge in [0.15, 0.2) is 0 Å². The molecule has 8 heteroatoms. The molecule has 0 aromatic carbocycles. The van der Waals surface area contributed by atoms with Crippen LogP contribution in [0.2, 0.25) is 0 Å². The lowest BCUT2D eigenvalue weighted by molar-refractivity contribution is 0.198. The van der Waals surface area contributed by atoms with Crippen LogP contribution in [0.3, 0.4) is 0 Å². The fourth-order valence-corrected chi connectivity index (χ4v) is 2.89. The van der Waals surface area contributed by atoms with E-state index in [0.29, 0.717) is 25.6 Å². The average molecular weight is 330 g/mol. The molecule has 8 nitrogen and oxygen atoms in total. The quantitative estimate of drug-likeness (QED) is 0.815. The molecule has 128 valence electrons. The monoisotopic (exact) mass is 330 g/mol. The van der Waals surface area contributed by atoms with Crippen molar-refractivity contribution in [3.8, 4) is 0 Å². The highest BCUT2D eigenvalue weighted by Gasteiger charge is 2.21. The van der Waals surface area contributed by atoms with Gasteiger partial charge in [0.05, 0.1) is 6.10 Å². The van der Waals surface area contributed by atoms with Crippen LogP contribution in [0.15, 0.2) is 23.1 Å². The Morgan fingerprint density at radius 1 is 1.38 bits per heavy atom. The molecule has 0 unspecified atom stereocenters. The smallest absolute Gasteiger partial charge is 0.348 e. The van der Waals surface area contributed by atoms with E-state index >= 15 is 0 Å². The van der Waals surface area contributed by atoms with Crippen molar-refractivity contribution in [1.29, 1.82) is 0 Å². The van der Waals surface area contributed by atoms with E-state index in [4.69, 9.17) is 0 Å². The van der Waals surface area contributed by atoms with Gasteiger partial charge in [-0.2, -0.15) is 9.97 Å². The Labute approximate surface area is 140 Å². The zero-order valence-electron chi connectivity index (χ0n) is 13.9. The molecule has 2 aromatic heterocycles. The summed E-state index contributed by atoms with van der Waals surface area (Å²) in [5.41, 5.74) is 1.37. The first kappa shape index (κ1) is 16.4. The number of hydrogen-bond donors (Lipinski definition) is 2. The van der Waals surface area contributed by atoms with Gasteiger partial charge < -0.3 is 15.3 Å². The largest absolute Gasteiger partial charge is 0.391 e. The first-order valence-electron chi connectivity index (χ1n) is 8.08. The van der Waals surface area contributed by atoms with Gasteiger partial charge in [0.25, 0.3) is 0 Å². The number of aromatic nitrogens is 4. The van der Waals surface area contributed by atoms with Gasteiger partial charge in [-0.25, -0.2) is 9.78 Å². The number of aliphatic hydroxyl groups is 1. The summed E-state index contributed by atoms with van der Waals surface area (Å²) >= 11 is 0. The number of rotatable bonds is 5. The van der Waals surface area contributed by atoms with E-state index in [1.807, 2.05) is 30.9 Å². The van der Waals surface area contributed by atoms with Crippen LogP contribution >= 0.6 is 0 Å². The van der Waals surface area contributed by atoms with Crippen LogP contribution in [-0.4, -0.2) is 50.4 Å². The maximum atomic E-state index is 11.9. The zero-order chi connectivity index (χ0) is 17.1. The highest BCUT2D eigenvalue weighted by Crippen LogP contribution is 2.18. The topological polar surface area (TPSA) is 96.2 Å². The first-order valence-corrected chi connectivity index (χ1v) is 8.08. The van der Waals surface area contributed by atoms with Crippen molar-refractivity contribution >= 4 is 11.8 Å². The van der Waals surface area contributed by atoms with Gasteiger partial charge in [0.2, 0.25) is 5.95 Å². The number of nitrogens with zero attached hydrogens (tertiary/aromatic N) is 5. The third-order valence-electron chi connectivity index (χ3n) is 4.09. The number of aliphatic hydroxyl groups excluding tert-OH is 1. The van der Waals surface area contributed by atoms with Crippen molar-refractivity contribution in [3.63, 3.8) is 0 Å². The highest BCUT2D eigenvalue weighted by molar-refractivity contribution is 5.43. The lowest BCUT2D eigenvalue weighted by Gasteiger charge is -2.17. The molecule has 0 saturated carbocycles. The number of β-amino-alcohol motifs (C(OH)–C–C–N with tert-alkyl or cyclic N) is 1. The van der Waals surface area contributed by atoms with Crippen LogP contribution in [0.1, 0.15) is 17.8 Å². The number of hydrogen-bond acceptors (Lipinski definition) is 7. The fourth-order valence-electron chi connectivity index (χ4n) is 2.89. The summed E-state index contributed by atoms with van der Waals surface area (Å²) in [5, 5.41) is 12.8. The summed E-state index contributed by atoms with van der Waals surface area (Å²) in [7, 11) is 0. The average Bonchev–Trinajstić information content (AvgIpc) is 2.97. The Hall–Kier alpha value is -2.48. The Balaban J connectivity index is 1.62. The molecule has 1 saturated heterocycles. The van der Waals surface area contributed by atoms with Gasteiger partial charge in [0.1, 0.15) is 5.82 Å². The van der Waals surface area contributed by atoms with E-state index in [1.54, 1.807) is 10.8 Å². The van der Waals surface area contributed by atoms with Crippen LogP contribution in [0.25, 0.3) is 0 Å². The lowest BCUT2D eigenvalue weighted by atomic mass is 10.3. The maximum Gasteiger partial charge on any atom is 0.348 e. The van der Waals surface area contributed by atoms with Crippen molar-refractivity contribution in [1.82, 2.24) is 19.5 Å². The minimum absolute atomic E-state index is 0.241. The minimum Gasteiger partial charge on any atom is -0.391 e. The van der Waals surface area contributed by atoms with E-state index < -0.39 is 0 Å². The molecule has 1 atom stereocenters. The maximum absolute atomic E-state index is 11.9. The van der Waals surface area contributed by atoms with E-state index in [1.165, 1.54) is 0 Å². The fraction of sp³-hybridized carbons (Fsp3) is 0.500. The molecule has 0 spiro atoms. The Kier molecular flexibility index (Phi) is 4.75. The molecular weight excluding hydrogens is 308 g/mol. The van der Waals surface area contributed by atoms with E-state index in [-0.39, 0.29) is 11.8 Å². The number of nitrogens with one attached hydrogen (secondary N) is 1. The van der Waals surface area contributed by atoms with Crippen molar-refractivity contribution < 1.29 is 5.11 Å². The zero-order valence-corrected chi connectivity index (χ0v) is 13.9. The predicted octanol–water partition coefficient (Wildman–Crippen LogP) is 0.333. The Morgan fingerprint density at radius 3 is 2.92 bits per heavy atom. The third-order valence-corrected chi connectivity index (χ3v) is 4.09. The van der Waals surface area contributed by atoms with E-state index in [9.17, 15) is 9.90 Å². The number of anilines is 2. The molecule has 2 aromatic rings. The molecule has 0 bridgehead atoms. The molecule has 1 aliphatic heterocycles. The summed E-state index contributed by atoms with van der Waals surface area (Å²) < 4.78 is 1.63. The van der Waals surface area contributed by atoms with Gasteiger partial charge in [-0.15, -0.1) is 0 Å². The van der Waals surface area contributed by atoms with E-state index in [2.05, 4.69) is 20.3 Å². The molecule has 3 heterocycles. The first-order chi connectivity index (χ1) is 11.5. The van der Waals surface area contributed by atoms with Crippen LogP contribution in [0.4, 0.5) is 11.8 Å².